The third kappa shape index (κ3) is 3.15. The molecule has 0 aliphatic carbocycles. The van der Waals surface area contributed by atoms with Gasteiger partial charge in [0.2, 0.25) is 5.28 Å². The minimum atomic E-state index is -0.941. The fourth-order valence-electron chi connectivity index (χ4n) is 1.28. The van der Waals surface area contributed by atoms with E-state index in [2.05, 4.69) is 15.3 Å². The molecule has 1 aromatic heterocycles. The van der Waals surface area contributed by atoms with E-state index >= 15 is 0 Å². The number of benzene rings is 1. The summed E-state index contributed by atoms with van der Waals surface area (Å²) in [6.07, 6.45) is 1.31. The molecule has 0 saturated carbocycles. The zero-order chi connectivity index (χ0) is 14.0. The summed E-state index contributed by atoms with van der Waals surface area (Å²) < 4.78 is 26.7. The van der Waals surface area contributed by atoms with E-state index in [-0.39, 0.29) is 11.1 Å². The summed E-state index contributed by atoms with van der Waals surface area (Å²) in [7, 11) is 0. The van der Waals surface area contributed by atoms with Crippen LogP contribution < -0.4 is 5.32 Å². The Morgan fingerprint density at radius 1 is 1.21 bits per heavy atom. The van der Waals surface area contributed by atoms with Gasteiger partial charge in [0.05, 0.1) is 10.6 Å². The molecule has 0 spiro atoms. The van der Waals surface area contributed by atoms with Crippen molar-refractivity contribution < 1.29 is 13.6 Å². The lowest BCUT2D eigenvalue weighted by molar-refractivity contribution is 0.102. The fourth-order valence-corrected chi connectivity index (χ4v) is 1.58. The zero-order valence-corrected chi connectivity index (χ0v) is 10.6. The molecule has 0 bridgehead atoms. The van der Waals surface area contributed by atoms with Crippen LogP contribution in [0.1, 0.15) is 10.4 Å². The van der Waals surface area contributed by atoms with Gasteiger partial charge in [-0.3, -0.25) is 4.79 Å². The Morgan fingerprint density at radius 3 is 2.63 bits per heavy atom. The molecule has 0 radical (unpaired) electrons. The lowest BCUT2D eigenvalue weighted by Gasteiger charge is -2.06. The molecule has 0 aliphatic rings. The number of halogens is 4. The Labute approximate surface area is 116 Å². The predicted octanol–water partition coefficient (Wildman–Crippen LogP) is 3.31. The van der Waals surface area contributed by atoms with Crippen molar-refractivity contribution in [1.29, 1.82) is 0 Å². The van der Waals surface area contributed by atoms with Crippen LogP contribution in [0.25, 0.3) is 0 Å². The molecule has 2 aromatic rings. The standard InChI is InChI=1S/C11H5Cl2F2N3O/c12-6-4-7(14)5(3-8(6)15)10(19)17-9-1-2-16-11(13)18-9/h1-4H,(H,16,17,18,19). The van der Waals surface area contributed by atoms with Crippen molar-refractivity contribution in [3.05, 3.63) is 51.9 Å². The van der Waals surface area contributed by atoms with Crippen LogP contribution in [0.2, 0.25) is 10.3 Å². The second kappa shape index (κ2) is 5.46. The van der Waals surface area contributed by atoms with Crippen molar-refractivity contribution in [3.8, 4) is 0 Å². The fraction of sp³-hybridized carbons (Fsp3) is 0. The zero-order valence-electron chi connectivity index (χ0n) is 9.12. The van der Waals surface area contributed by atoms with Gasteiger partial charge in [-0.1, -0.05) is 11.6 Å². The molecule has 8 heteroatoms. The summed E-state index contributed by atoms with van der Waals surface area (Å²) in [6.45, 7) is 0. The van der Waals surface area contributed by atoms with E-state index in [4.69, 9.17) is 23.2 Å². The molecule has 0 atom stereocenters. The Hall–Kier alpha value is -1.79. The summed E-state index contributed by atoms with van der Waals surface area (Å²) >= 11 is 10.9. The average molecular weight is 304 g/mol. The molecule has 0 aliphatic heterocycles. The Morgan fingerprint density at radius 2 is 1.95 bits per heavy atom. The number of carbonyl (C=O) groups excluding carboxylic acids is 1. The topological polar surface area (TPSA) is 54.9 Å². The first-order valence-corrected chi connectivity index (χ1v) is 5.67. The number of hydrogen-bond donors (Lipinski definition) is 1. The van der Waals surface area contributed by atoms with Gasteiger partial charge < -0.3 is 5.32 Å². The SMILES string of the molecule is O=C(Nc1ccnc(Cl)n1)c1cc(F)c(Cl)cc1F. The Kier molecular flexibility index (Phi) is 3.92. The number of rotatable bonds is 2. The molecule has 1 N–H and O–H groups in total. The normalized spacial score (nSPS) is 10.3. The monoisotopic (exact) mass is 303 g/mol. The summed E-state index contributed by atoms with van der Waals surface area (Å²) in [6, 6.07) is 2.78. The van der Waals surface area contributed by atoms with E-state index < -0.39 is 28.1 Å². The minimum absolute atomic E-state index is 0.0692. The molecule has 19 heavy (non-hydrogen) atoms. The third-order valence-electron chi connectivity index (χ3n) is 2.12. The van der Waals surface area contributed by atoms with Crippen LogP contribution in [0, 0.1) is 11.6 Å². The first-order chi connectivity index (χ1) is 8.97. The maximum Gasteiger partial charge on any atom is 0.259 e. The number of anilines is 1. The summed E-state index contributed by atoms with van der Waals surface area (Å²) in [5, 5.41) is 1.78. The molecular weight excluding hydrogens is 299 g/mol. The van der Waals surface area contributed by atoms with E-state index in [1.807, 2.05) is 0 Å². The van der Waals surface area contributed by atoms with Gasteiger partial charge in [0.1, 0.15) is 17.5 Å². The van der Waals surface area contributed by atoms with Crippen molar-refractivity contribution in [3.63, 3.8) is 0 Å². The quantitative estimate of drug-likeness (QED) is 0.684. The summed E-state index contributed by atoms with van der Waals surface area (Å²) in [4.78, 5) is 19.0. The van der Waals surface area contributed by atoms with Gasteiger partial charge in [0.25, 0.3) is 5.91 Å². The second-order valence-corrected chi connectivity index (χ2v) is 4.16. The van der Waals surface area contributed by atoms with E-state index in [0.717, 1.165) is 6.07 Å². The number of nitrogens with one attached hydrogen (secondary N) is 1. The highest BCUT2D eigenvalue weighted by Crippen LogP contribution is 2.20. The van der Waals surface area contributed by atoms with Crippen LogP contribution in [0.3, 0.4) is 0 Å². The first-order valence-electron chi connectivity index (χ1n) is 4.92. The third-order valence-corrected chi connectivity index (χ3v) is 2.59. The van der Waals surface area contributed by atoms with E-state index in [1.165, 1.54) is 12.3 Å². The number of hydrogen-bond acceptors (Lipinski definition) is 3. The van der Waals surface area contributed by atoms with Crippen LogP contribution >= 0.6 is 23.2 Å². The predicted molar refractivity (Wildman–Crippen MR) is 66.4 cm³/mol. The van der Waals surface area contributed by atoms with Crippen molar-refractivity contribution in [2.75, 3.05) is 5.32 Å². The molecule has 1 amide bonds. The molecule has 98 valence electrons. The van der Waals surface area contributed by atoms with Crippen LogP contribution in [-0.4, -0.2) is 15.9 Å². The number of nitrogens with zero attached hydrogens (tertiary/aromatic N) is 2. The number of amides is 1. The molecular formula is C11H5Cl2F2N3O. The van der Waals surface area contributed by atoms with Crippen molar-refractivity contribution in [1.82, 2.24) is 9.97 Å². The molecule has 1 aromatic carbocycles. The van der Waals surface area contributed by atoms with Crippen LogP contribution in [0.4, 0.5) is 14.6 Å². The van der Waals surface area contributed by atoms with Gasteiger partial charge >= 0.3 is 0 Å². The number of aromatic nitrogens is 2. The Bertz CT molecular complexity index is 652. The smallest absolute Gasteiger partial charge is 0.259 e. The van der Waals surface area contributed by atoms with Gasteiger partial charge in [-0.05, 0) is 29.8 Å². The molecule has 0 unspecified atom stereocenters. The van der Waals surface area contributed by atoms with Gasteiger partial charge in [0, 0.05) is 6.20 Å². The lowest BCUT2D eigenvalue weighted by Crippen LogP contribution is -2.15. The maximum atomic E-state index is 13.5. The van der Waals surface area contributed by atoms with Gasteiger partial charge in [-0.25, -0.2) is 18.7 Å². The van der Waals surface area contributed by atoms with Crippen LogP contribution in [-0.2, 0) is 0 Å². The van der Waals surface area contributed by atoms with Gasteiger partial charge in [-0.2, -0.15) is 0 Å². The molecule has 0 fully saturated rings. The van der Waals surface area contributed by atoms with Crippen molar-refractivity contribution in [2.24, 2.45) is 0 Å². The molecule has 1 heterocycles. The highest BCUT2D eigenvalue weighted by atomic mass is 35.5. The maximum absolute atomic E-state index is 13.5. The van der Waals surface area contributed by atoms with Gasteiger partial charge in [0.15, 0.2) is 0 Å². The molecule has 4 nitrogen and oxygen atoms in total. The van der Waals surface area contributed by atoms with E-state index in [0.29, 0.717) is 6.07 Å². The van der Waals surface area contributed by atoms with Gasteiger partial charge in [-0.15, -0.1) is 0 Å². The van der Waals surface area contributed by atoms with Crippen LogP contribution in [0.5, 0.6) is 0 Å². The Balaban J connectivity index is 2.28. The van der Waals surface area contributed by atoms with Crippen molar-refractivity contribution in [2.45, 2.75) is 0 Å². The van der Waals surface area contributed by atoms with Crippen molar-refractivity contribution >= 4 is 34.9 Å². The summed E-state index contributed by atoms with van der Waals surface area (Å²) in [5.41, 5.74) is -0.489. The van der Waals surface area contributed by atoms with E-state index in [9.17, 15) is 13.6 Å². The van der Waals surface area contributed by atoms with Crippen LogP contribution in [0.15, 0.2) is 24.4 Å². The number of carbonyl (C=O) groups is 1. The minimum Gasteiger partial charge on any atom is -0.306 e. The van der Waals surface area contributed by atoms with E-state index in [1.54, 1.807) is 0 Å². The second-order valence-electron chi connectivity index (χ2n) is 3.41. The summed E-state index contributed by atoms with van der Waals surface area (Å²) in [5.74, 6) is -2.64. The average Bonchev–Trinajstić information content (AvgIpc) is 2.33. The largest absolute Gasteiger partial charge is 0.306 e. The highest BCUT2D eigenvalue weighted by Gasteiger charge is 2.16. The first kappa shape index (κ1) is 13.6. The lowest BCUT2D eigenvalue weighted by atomic mass is 10.2. The molecule has 2 rings (SSSR count). The highest BCUT2D eigenvalue weighted by molar-refractivity contribution is 6.31. The molecule has 0 saturated heterocycles.